The number of ether oxygens (including phenoxy) is 2. The summed E-state index contributed by atoms with van der Waals surface area (Å²) in [5.74, 6) is -0.0662. The highest BCUT2D eigenvalue weighted by Crippen LogP contribution is 2.01. The van der Waals surface area contributed by atoms with E-state index in [1.807, 2.05) is 20.8 Å². The summed E-state index contributed by atoms with van der Waals surface area (Å²) in [6.45, 7) is 6.72. The number of methoxy groups -OCH3 is 2. The number of hydrogen-bond acceptors (Lipinski definition) is 4. The second-order valence-corrected chi connectivity index (χ2v) is 3.77. The largest absolute Gasteiger partial charge is 0.354 e. The summed E-state index contributed by atoms with van der Waals surface area (Å²) in [6.07, 6.45) is -0.397. The fourth-order valence-electron chi connectivity index (χ4n) is 1.18. The lowest BCUT2D eigenvalue weighted by atomic mass is 10.0. The lowest BCUT2D eigenvalue weighted by molar-refractivity contribution is -0.132. The van der Waals surface area contributed by atoms with E-state index in [-0.39, 0.29) is 5.91 Å². The van der Waals surface area contributed by atoms with Crippen LogP contribution >= 0.6 is 0 Å². The standard InChI is InChI=1S/C10H22N2O3/c1-6-12-10(2,3)9(13)11-7-8(14-4)15-5/h8,12H,6-7H2,1-5H3,(H,11,13). The van der Waals surface area contributed by atoms with Gasteiger partial charge in [0.25, 0.3) is 0 Å². The van der Waals surface area contributed by atoms with Crippen molar-refractivity contribution < 1.29 is 14.3 Å². The maximum atomic E-state index is 11.7. The molecule has 0 aromatic heterocycles. The van der Waals surface area contributed by atoms with Crippen molar-refractivity contribution in [3.63, 3.8) is 0 Å². The highest BCUT2D eigenvalue weighted by molar-refractivity contribution is 5.85. The number of hydrogen-bond donors (Lipinski definition) is 2. The molecule has 15 heavy (non-hydrogen) atoms. The monoisotopic (exact) mass is 218 g/mol. The lowest BCUT2D eigenvalue weighted by Crippen LogP contribution is -2.53. The van der Waals surface area contributed by atoms with Crippen LogP contribution in [-0.2, 0) is 14.3 Å². The molecule has 5 heteroatoms. The Bertz CT molecular complexity index is 191. The number of amides is 1. The predicted octanol–water partition coefficient (Wildman–Crippen LogP) is 0.110. The van der Waals surface area contributed by atoms with Crippen molar-refractivity contribution in [2.75, 3.05) is 27.3 Å². The molecule has 0 aliphatic rings. The predicted molar refractivity (Wildman–Crippen MR) is 58.6 cm³/mol. The Kier molecular flexibility index (Phi) is 6.47. The maximum absolute atomic E-state index is 11.7. The molecule has 0 atom stereocenters. The average Bonchev–Trinajstić information content (AvgIpc) is 2.19. The van der Waals surface area contributed by atoms with Crippen LogP contribution in [0.2, 0.25) is 0 Å². The first-order chi connectivity index (χ1) is 6.97. The van der Waals surface area contributed by atoms with E-state index in [4.69, 9.17) is 9.47 Å². The number of nitrogens with one attached hydrogen (secondary N) is 2. The van der Waals surface area contributed by atoms with Gasteiger partial charge in [-0.3, -0.25) is 4.79 Å². The third kappa shape index (κ3) is 5.11. The van der Waals surface area contributed by atoms with Crippen molar-refractivity contribution in [2.24, 2.45) is 0 Å². The minimum absolute atomic E-state index is 0.0662. The van der Waals surface area contributed by atoms with Crippen LogP contribution in [-0.4, -0.2) is 45.0 Å². The van der Waals surface area contributed by atoms with Gasteiger partial charge >= 0.3 is 0 Å². The average molecular weight is 218 g/mol. The van der Waals surface area contributed by atoms with E-state index in [1.165, 1.54) is 14.2 Å². The minimum Gasteiger partial charge on any atom is -0.354 e. The maximum Gasteiger partial charge on any atom is 0.239 e. The van der Waals surface area contributed by atoms with E-state index >= 15 is 0 Å². The summed E-state index contributed by atoms with van der Waals surface area (Å²) in [4.78, 5) is 11.7. The lowest BCUT2D eigenvalue weighted by Gasteiger charge is -2.25. The third-order valence-corrected chi connectivity index (χ3v) is 2.14. The number of likely N-dealkylation sites (N-methyl/N-ethyl adjacent to an activating group) is 1. The van der Waals surface area contributed by atoms with Crippen LogP contribution in [0.25, 0.3) is 0 Å². The van der Waals surface area contributed by atoms with Gasteiger partial charge in [0.1, 0.15) is 0 Å². The van der Waals surface area contributed by atoms with Crippen molar-refractivity contribution in [1.82, 2.24) is 10.6 Å². The van der Waals surface area contributed by atoms with E-state index in [0.717, 1.165) is 6.54 Å². The second-order valence-electron chi connectivity index (χ2n) is 3.77. The molecular formula is C10H22N2O3. The summed E-state index contributed by atoms with van der Waals surface area (Å²) in [5.41, 5.74) is -0.569. The zero-order valence-electron chi connectivity index (χ0n) is 10.2. The second kappa shape index (κ2) is 6.76. The molecule has 0 rings (SSSR count). The normalized spacial score (nSPS) is 11.9. The quantitative estimate of drug-likeness (QED) is 0.595. The van der Waals surface area contributed by atoms with Gasteiger partial charge in [0.05, 0.1) is 12.1 Å². The number of rotatable bonds is 7. The third-order valence-electron chi connectivity index (χ3n) is 2.14. The summed E-state index contributed by atoms with van der Waals surface area (Å²) in [5, 5.41) is 5.85. The van der Waals surface area contributed by atoms with Gasteiger partial charge in [-0.25, -0.2) is 0 Å². The van der Waals surface area contributed by atoms with Crippen LogP contribution < -0.4 is 10.6 Å². The van der Waals surface area contributed by atoms with Gasteiger partial charge in [-0.05, 0) is 20.4 Å². The summed E-state index contributed by atoms with van der Waals surface area (Å²) in [6, 6.07) is 0. The van der Waals surface area contributed by atoms with E-state index < -0.39 is 11.8 Å². The Morgan fingerprint density at radius 2 is 1.87 bits per heavy atom. The van der Waals surface area contributed by atoms with Crippen molar-refractivity contribution >= 4 is 5.91 Å². The van der Waals surface area contributed by atoms with E-state index in [0.29, 0.717) is 6.54 Å². The van der Waals surface area contributed by atoms with Crippen LogP contribution in [0.3, 0.4) is 0 Å². The molecule has 0 unspecified atom stereocenters. The SMILES string of the molecule is CCNC(C)(C)C(=O)NCC(OC)OC. The molecule has 0 saturated carbocycles. The molecule has 0 radical (unpaired) electrons. The fraction of sp³-hybridized carbons (Fsp3) is 0.900. The molecule has 0 bridgehead atoms. The fourth-order valence-corrected chi connectivity index (χ4v) is 1.18. The van der Waals surface area contributed by atoms with Crippen molar-refractivity contribution in [2.45, 2.75) is 32.6 Å². The Morgan fingerprint density at radius 3 is 2.27 bits per heavy atom. The van der Waals surface area contributed by atoms with E-state index in [1.54, 1.807) is 0 Å². The molecule has 2 N–H and O–H groups in total. The Hall–Kier alpha value is -0.650. The van der Waals surface area contributed by atoms with Crippen LogP contribution in [0.1, 0.15) is 20.8 Å². The van der Waals surface area contributed by atoms with Crippen molar-refractivity contribution in [3.8, 4) is 0 Å². The first-order valence-corrected chi connectivity index (χ1v) is 5.06. The summed E-state index contributed by atoms with van der Waals surface area (Å²) < 4.78 is 9.93. The number of carbonyl (C=O) groups is 1. The minimum atomic E-state index is -0.569. The summed E-state index contributed by atoms with van der Waals surface area (Å²) >= 11 is 0. The van der Waals surface area contributed by atoms with Crippen LogP contribution in [0.5, 0.6) is 0 Å². The molecule has 0 aromatic carbocycles. The molecule has 0 spiro atoms. The highest BCUT2D eigenvalue weighted by Gasteiger charge is 2.26. The molecule has 0 fully saturated rings. The Labute approximate surface area is 91.5 Å². The van der Waals surface area contributed by atoms with Gasteiger partial charge < -0.3 is 20.1 Å². The van der Waals surface area contributed by atoms with Crippen molar-refractivity contribution in [3.05, 3.63) is 0 Å². The molecule has 0 aliphatic heterocycles. The van der Waals surface area contributed by atoms with Gasteiger partial charge in [0, 0.05) is 14.2 Å². The number of carbonyl (C=O) groups excluding carboxylic acids is 1. The Balaban J connectivity index is 4.02. The molecule has 0 heterocycles. The molecule has 5 nitrogen and oxygen atoms in total. The molecule has 90 valence electrons. The van der Waals surface area contributed by atoms with Crippen LogP contribution in [0.15, 0.2) is 0 Å². The molecule has 0 saturated heterocycles. The van der Waals surface area contributed by atoms with Crippen LogP contribution in [0, 0.1) is 0 Å². The topological polar surface area (TPSA) is 59.6 Å². The molecule has 0 aliphatic carbocycles. The van der Waals surface area contributed by atoms with E-state index in [2.05, 4.69) is 10.6 Å². The van der Waals surface area contributed by atoms with Gasteiger partial charge in [0.15, 0.2) is 6.29 Å². The zero-order chi connectivity index (χ0) is 11.9. The first kappa shape index (κ1) is 14.3. The smallest absolute Gasteiger partial charge is 0.239 e. The summed E-state index contributed by atoms with van der Waals surface area (Å²) in [7, 11) is 3.07. The molecular weight excluding hydrogens is 196 g/mol. The zero-order valence-corrected chi connectivity index (χ0v) is 10.2. The van der Waals surface area contributed by atoms with Gasteiger partial charge in [-0.1, -0.05) is 6.92 Å². The first-order valence-electron chi connectivity index (χ1n) is 5.06. The molecule has 0 aromatic rings. The highest BCUT2D eigenvalue weighted by atomic mass is 16.7. The van der Waals surface area contributed by atoms with Gasteiger partial charge in [-0.2, -0.15) is 0 Å². The van der Waals surface area contributed by atoms with E-state index in [9.17, 15) is 4.79 Å². The van der Waals surface area contributed by atoms with Crippen molar-refractivity contribution in [1.29, 1.82) is 0 Å². The van der Waals surface area contributed by atoms with Gasteiger partial charge in [-0.15, -0.1) is 0 Å². The Morgan fingerprint density at radius 1 is 1.33 bits per heavy atom. The van der Waals surface area contributed by atoms with Crippen LogP contribution in [0.4, 0.5) is 0 Å². The van der Waals surface area contributed by atoms with Gasteiger partial charge in [0.2, 0.25) is 5.91 Å². The molecule has 1 amide bonds.